The molecule has 0 aliphatic carbocycles. The highest BCUT2D eigenvalue weighted by atomic mass is 16.6. The number of rotatable bonds is 2. The largest absolute Gasteiger partial charge is 0.444 e. The average molecular weight is 326 g/mol. The van der Waals surface area contributed by atoms with E-state index in [0.29, 0.717) is 6.04 Å². The van der Waals surface area contributed by atoms with Crippen LogP contribution in [0.15, 0.2) is 0 Å². The van der Waals surface area contributed by atoms with Crippen molar-refractivity contribution in [1.29, 1.82) is 0 Å². The minimum atomic E-state index is -0.445. The van der Waals surface area contributed by atoms with E-state index in [1.807, 2.05) is 25.7 Å². The molecule has 0 bridgehead atoms. The van der Waals surface area contributed by atoms with Crippen molar-refractivity contribution < 1.29 is 14.3 Å². The molecule has 0 radical (unpaired) electrons. The monoisotopic (exact) mass is 326 g/mol. The number of likely N-dealkylation sites (tertiary alicyclic amines) is 2. The van der Waals surface area contributed by atoms with Gasteiger partial charge < -0.3 is 20.3 Å². The zero-order valence-corrected chi connectivity index (χ0v) is 14.7. The van der Waals surface area contributed by atoms with E-state index in [4.69, 9.17) is 4.74 Å². The lowest BCUT2D eigenvalue weighted by molar-refractivity contribution is 0.0275. The van der Waals surface area contributed by atoms with Crippen molar-refractivity contribution in [1.82, 2.24) is 20.4 Å². The van der Waals surface area contributed by atoms with Gasteiger partial charge in [0.25, 0.3) is 0 Å². The summed E-state index contributed by atoms with van der Waals surface area (Å²) in [4.78, 5) is 27.7. The molecule has 132 valence electrons. The summed E-state index contributed by atoms with van der Waals surface area (Å²) in [6, 6.07) is 0.540. The molecule has 2 heterocycles. The molecule has 0 spiro atoms. The zero-order chi connectivity index (χ0) is 17.0. The first-order chi connectivity index (χ1) is 10.8. The van der Waals surface area contributed by atoms with Gasteiger partial charge in [-0.15, -0.1) is 0 Å². The van der Waals surface area contributed by atoms with E-state index < -0.39 is 5.60 Å². The second-order valence-corrected chi connectivity index (χ2v) is 7.40. The van der Waals surface area contributed by atoms with Crippen LogP contribution < -0.4 is 10.6 Å². The fraction of sp³-hybridized carbons (Fsp3) is 0.875. The summed E-state index contributed by atoms with van der Waals surface area (Å²) in [5, 5.41) is 5.56. The number of nitrogens with zero attached hydrogens (tertiary/aromatic N) is 2. The van der Waals surface area contributed by atoms with Crippen LogP contribution in [0.3, 0.4) is 0 Å². The first-order valence-electron chi connectivity index (χ1n) is 8.48. The Kier molecular flexibility index (Phi) is 5.73. The number of urea groups is 1. The number of nitrogens with one attached hydrogen (secondary N) is 2. The third-order valence-corrected chi connectivity index (χ3v) is 4.42. The molecule has 2 aliphatic rings. The molecule has 3 amide bonds. The Morgan fingerprint density at radius 3 is 2.30 bits per heavy atom. The van der Waals surface area contributed by atoms with Crippen LogP contribution in [0.25, 0.3) is 0 Å². The molecule has 0 saturated carbocycles. The SMILES string of the molecule is CNC(=O)NC1CCN(C2CCN(C(=O)OC(C)(C)C)C2)CC1. The fourth-order valence-corrected chi connectivity index (χ4v) is 3.20. The lowest BCUT2D eigenvalue weighted by atomic mass is 10.0. The normalized spacial score (nSPS) is 23.7. The molecule has 0 aromatic carbocycles. The maximum Gasteiger partial charge on any atom is 0.410 e. The van der Waals surface area contributed by atoms with Gasteiger partial charge in [-0.2, -0.15) is 0 Å². The molecular formula is C16H30N4O3. The number of carbonyl (C=O) groups is 2. The Morgan fingerprint density at radius 1 is 1.09 bits per heavy atom. The van der Waals surface area contributed by atoms with Gasteiger partial charge in [-0.1, -0.05) is 0 Å². The van der Waals surface area contributed by atoms with Crippen molar-refractivity contribution in [2.75, 3.05) is 33.2 Å². The van der Waals surface area contributed by atoms with Crippen LogP contribution >= 0.6 is 0 Å². The highest BCUT2D eigenvalue weighted by Gasteiger charge is 2.34. The maximum atomic E-state index is 12.1. The van der Waals surface area contributed by atoms with Crippen molar-refractivity contribution in [3.63, 3.8) is 0 Å². The third kappa shape index (κ3) is 5.27. The number of hydrogen-bond acceptors (Lipinski definition) is 4. The Morgan fingerprint density at radius 2 is 1.74 bits per heavy atom. The predicted octanol–water partition coefficient (Wildman–Crippen LogP) is 1.39. The summed E-state index contributed by atoms with van der Waals surface area (Å²) in [7, 11) is 1.63. The molecule has 7 heteroatoms. The van der Waals surface area contributed by atoms with Crippen molar-refractivity contribution in [3.8, 4) is 0 Å². The molecule has 2 N–H and O–H groups in total. The van der Waals surface area contributed by atoms with Crippen LogP contribution in [0.2, 0.25) is 0 Å². The van der Waals surface area contributed by atoms with Gasteiger partial charge in [-0.3, -0.25) is 4.90 Å². The summed E-state index contributed by atoms with van der Waals surface area (Å²) >= 11 is 0. The van der Waals surface area contributed by atoms with E-state index in [2.05, 4.69) is 15.5 Å². The fourth-order valence-electron chi connectivity index (χ4n) is 3.20. The smallest absolute Gasteiger partial charge is 0.410 e. The van der Waals surface area contributed by atoms with Crippen LogP contribution in [-0.4, -0.2) is 72.8 Å². The summed E-state index contributed by atoms with van der Waals surface area (Å²) < 4.78 is 5.44. The molecule has 2 saturated heterocycles. The number of amides is 3. The average Bonchev–Trinajstić information content (AvgIpc) is 2.96. The van der Waals surface area contributed by atoms with Gasteiger partial charge in [0.05, 0.1) is 0 Å². The third-order valence-electron chi connectivity index (χ3n) is 4.42. The van der Waals surface area contributed by atoms with E-state index in [0.717, 1.165) is 45.4 Å². The molecule has 1 atom stereocenters. The van der Waals surface area contributed by atoms with Gasteiger partial charge >= 0.3 is 12.1 Å². The van der Waals surface area contributed by atoms with Gasteiger partial charge in [0, 0.05) is 45.3 Å². The molecule has 2 fully saturated rings. The summed E-state index contributed by atoms with van der Waals surface area (Å²) in [5.41, 5.74) is -0.445. The number of ether oxygens (including phenoxy) is 1. The second kappa shape index (κ2) is 7.38. The number of piperidine rings is 1. The highest BCUT2D eigenvalue weighted by molar-refractivity contribution is 5.73. The van der Waals surface area contributed by atoms with Crippen LogP contribution in [0.4, 0.5) is 9.59 Å². The van der Waals surface area contributed by atoms with Crippen molar-refractivity contribution in [2.45, 2.75) is 57.7 Å². The van der Waals surface area contributed by atoms with Gasteiger partial charge in [0.1, 0.15) is 5.60 Å². The van der Waals surface area contributed by atoms with E-state index in [-0.39, 0.29) is 18.2 Å². The Hall–Kier alpha value is -1.50. The minimum absolute atomic E-state index is 0.111. The van der Waals surface area contributed by atoms with Gasteiger partial charge in [0.15, 0.2) is 0 Å². The molecule has 23 heavy (non-hydrogen) atoms. The van der Waals surface area contributed by atoms with Crippen LogP contribution in [0.1, 0.15) is 40.0 Å². The van der Waals surface area contributed by atoms with Crippen molar-refractivity contribution in [2.24, 2.45) is 0 Å². The van der Waals surface area contributed by atoms with Crippen LogP contribution in [0, 0.1) is 0 Å². The Labute approximate surface area is 138 Å². The number of carbonyl (C=O) groups excluding carboxylic acids is 2. The van der Waals surface area contributed by atoms with Gasteiger partial charge in [-0.25, -0.2) is 9.59 Å². The molecule has 2 rings (SSSR count). The zero-order valence-electron chi connectivity index (χ0n) is 14.7. The lowest BCUT2D eigenvalue weighted by Crippen LogP contribution is -2.50. The summed E-state index contributed by atoms with van der Waals surface area (Å²) in [6.45, 7) is 9.09. The quantitative estimate of drug-likeness (QED) is 0.804. The van der Waals surface area contributed by atoms with E-state index in [1.54, 1.807) is 7.05 Å². The lowest BCUT2D eigenvalue weighted by Gasteiger charge is -2.36. The molecule has 7 nitrogen and oxygen atoms in total. The molecule has 0 aromatic rings. The second-order valence-electron chi connectivity index (χ2n) is 7.40. The van der Waals surface area contributed by atoms with Crippen LogP contribution in [-0.2, 0) is 4.74 Å². The van der Waals surface area contributed by atoms with Gasteiger partial charge in [0.2, 0.25) is 0 Å². The maximum absolute atomic E-state index is 12.1. The van der Waals surface area contributed by atoms with Crippen molar-refractivity contribution in [3.05, 3.63) is 0 Å². The first kappa shape index (κ1) is 17.8. The Bertz CT molecular complexity index is 428. The highest BCUT2D eigenvalue weighted by Crippen LogP contribution is 2.22. The molecular weight excluding hydrogens is 296 g/mol. The Balaban J connectivity index is 1.75. The minimum Gasteiger partial charge on any atom is -0.444 e. The summed E-state index contributed by atoms with van der Waals surface area (Å²) in [6.07, 6.45) is 2.69. The van der Waals surface area contributed by atoms with Gasteiger partial charge in [-0.05, 0) is 40.0 Å². The number of hydrogen-bond donors (Lipinski definition) is 2. The topological polar surface area (TPSA) is 73.9 Å². The first-order valence-corrected chi connectivity index (χ1v) is 8.48. The molecule has 2 aliphatic heterocycles. The standard InChI is InChI=1S/C16H30N4O3/c1-16(2,3)23-15(22)20-10-7-13(11-20)19-8-5-12(6-9-19)18-14(21)17-4/h12-13H,5-11H2,1-4H3,(H2,17,18,21). The predicted molar refractivity (Wildman–Crippen MR) is 88.4 cm³/mol. The van der Waals surface area contributed by atoms with Crippen molar-refractivity contribution >= 4 is 12.1 Å². The van der Waals surface area contributed by atoms with Crippen LogP contribution in [0.5, 0.6) is 0 Å². The van der Waals surface area contributed by atoms with E-state index >= 15 is 0 Å². The summed E-state index contributed by atoms with van der Waals surface area (Å²) in [5.74, 6) is 0. The molecule has 1 unspecified atom stereocenters. The van der Waals surface area contributed by atoms with E-state index in [1.165, 1.54) is 0 Å². The molecule has 0 aromatic heterocycles. The van der Waals surface area contributed by atoms with E-state index in [9.17, 15) is 9.59 Å².